The molecular weight excluding hydrogens is 419 g/mol. The Labute approximate surface area is 154 Å². The number of rotatable bonds is 4. The number of alkyl halides is 3. The summed E-state index contributed by atoms with van der Waals surface area (Å²) >= 11 is 6.70. The molecule has 0 spiro atoms. The molecule has 0 saturated heterocycles. The van der Waals surface area contributed by atoms with Crippen molar-refractivity contribution in [1.29, 1.82) is 0 Å². The first kappa shape index (κ1) is 20.6. The van der Waals surface area contributed by atoms with Gasteiger partial charge in [0.2, 0.25) is 19.8 Å². The molecule has 0 bridgehead atoms. The second-order valence-electron chi connectivity index (χ2n) is 5.26. The van der Waals surface area contributed by atoms with Crippen molar-refractivity contribution in [3.8, 4) is 0 Å². The quantitative estimate of drug-likeness (QED) is 0.773. The Morgan fingerprint density at radius 3 is 2.38 bits per heavy atom. The maximum Gasteiger partial charge on any atom is 0.426 e. The number of sulfone groups is 1. The predicted molar refractivity (Wildman–Crippen MR) is 86.9 cm³/mol. The summed E-state index contributed by atoms with van der Waals surface area (Å²) in [5.41, 5.74) is -3.95. The number of carbonyl (C=O) groups excluding carboxylic acids is 1. The smallest absolute Gasteiger partial charge is 0.373 e. The van der Waals surface area contributed by atoms with Gasteiger partial charge in [0, 0.05) is 0 Å². The number of carbonyl (C=O) groups is 1. The van der Waals surface area contributed by atoms with Crippen molar-refractivity contribution in [2.75, 3.05) is 5.32 Å². The topological polar surface area (TPSA) is 109 Å². The molecule has 0 saturated carbocycles. The summed E-state index contributed by atoms with van der Waals surface area (Å²) in [6.07, 6.45) is -5.21. The fourth-order valence-corrected chi connectivity index (χ4v) is 4.29. The monoisotopic (exact) mass is 429 g/mol. The van der Waals surface area contributed by atoms with Crippen LogP contribution in [-0.4, -0.2) is 41.4 Å². The normalized spacial score (nSPS) is 14.7. The molecule has 0 radical (unpaired) electrons. The fourth-order valence-electron chi connectivity index (χ4n) is 1.62. The number of nitrogens with zero attached hydrogens (tertiary/aromatic N) is 2. The Bertz CT molecular complexity index is 958. The summed E-state index contributed by atoms with van der Waals surface area (Å²) in [6, 6.07) is 2.99. The van der Waals surface area contributed by atoms with E-state index >= 15 is 0 Å². The molecule has 1 aromatic heterocycles. The summed E-state index contributed by atoms with van der Waals surface area (Å²) in [5, 5.41) is 18.4. The van der Waals surface area contributed by atoms with Gasteiger partial charge in [-0.3, -0.25) is 4.79 Å². The van der Waals surface area contributed by atoms with Gasteiger partial charge in [0.1, 0.15) is 5.01 Å². The Balaban J connectivity index is 2.32. The number of aryl methyl sites for hydroxylation is 1. The van der Waals surface area contributed by atoms with Crippen molar-refractivity contribution < 1.29 is 31.5 Å². The van der Waals surface area contributed by atoms with Crippen LogP contribution in [0.5, 0.6) is 0 Å². The molecule has 142 valence electrons. The van der Waals surface area contributed by atoms with E-state index < -0.39 is 27.5 Å². The van der Waals surface area contributed by atoms with E-state index in [2.05, 4.69) is 10.2 Å². The van der Waals surface area contributed by atoms with E-state index in [-0.39, 0.29) is 26.9 Å². The van der Waals surface area contributed by atoms with Crippen LogP contribution in [-0.2, 0) is 14.6 Å². The van der Waals surface area contributed by atoms with Crippen molar-refractivity contribution in [2.24, 2.45) is 0 Å². The second kappa shape index (κ2) is 6.76. The summed E-state index contributed by atoms with van der Waals surface area (Å²) < 4.78 is 62.5. The van der Waals surface area contributed by atoms with Gasteiger partial charge in [0.15, 0.2) is 0 Å². The number of halogens is 4. The van der Waals surface area contributed by atoms with Crippen molar-refractivity contribution in [1.82, 2.24) is 10.2 Å². The number of aliphatic hydroxyl groups is 1. The molecule has 0 fully saturated rings. The van der Waals surface area contributed by atoms with Crippen LogP contribution in [0.15, 0.2) is 27.4 Å². The highest BCUT2D eigenvalue weighted by molar-refractivity contribution is 7.93. The first-order valence-electron chi connectivity index (χ1n) is 6.72. The van der Waals surface area contributed by atoms with Gasteiger partial charge in [-0.2, -0.15) is 13.2 Å². The van der Waals surface area contributed by atoms with Gasteiger partial charge in [-0.15, -0.1) is 10.2 Å². The molecule has 2 rings (SSSR count). The fraction of sp³-hybridized carbons (Fsp3) is 0.308. The van der Waals surface area contributed by atoms with Gasteiger partial charge in [-0.25, -0.2) is 8.42 Å². The lowest BCUT2D eigenvalue weighted by Crippen LogP contribution is -2.52. The molecule has 1 heterocycles. The van der Waals surface area contributed by atoms with Gasteiger partial charge in [0.05, 0.1) is 15.6 Å². The molecule has 0 aliphatic rings. The Hall–Kier alpha value is -1.76. The van der Waals surface area contributed by atoms with Gasteiger partial charge in [-0.1, -0.05) is 22.9 Å². The number of hydrogen-bond acceptors (Lipinski definition) is 7. The highest BCUT2D eigenvalue weighted by Crippen LogP contribution is 2.33. The van der Waals surface area contributed by atoms with Crippen LogP contribution in [0, 0.1) is 6.92 Å². The molecule has 0 unspecified atom stereocenters. The molecule has 0 aliphatic carbocycles. The van der Waals surface area contributed by atoms with Crippen molar-refractivity contribution in [3.63, 3.8) is 0 Å². The average Bonchev–Trinajstić information content (AvgIpc) is 2.95. The molecule has 0 aliphatic heterocycles. The minimum absolute atomic E-state index is 0.275. The number of amides is 1. The van der Waals surface area contributed by atoms with E-state index in [9.17, 15) is 31.5 Å². The van der Waals surface area contributed by atoms with E-state index in [1.165, 1.54) is 0 Å². The average molecular weight is 430 g/mol. The van der Waals surface area contributed by atoms with Crippen molar-refractivity contribution in [2.45, 2.75) is 34.9 Å². The molecular formula is C13H11ClF3N3O4S2. The van der Waals surface area contributed by atoms with Crippen molar-refractivity contribution >= 4 is 44.4 Å². The molecule has 1 amide bonds. The zero-order valence-electron chi connectivity index (χ0n) is 13.1. The Morgan fingerprint density at radius 2 is 1.92 bits per heavy atom. The third-order valence-corrected chi connectivity index (χ3v) is 6.50. The number of aromatic nitrogens is 2. The maximum atomic E-state index is 12.7. The first-order valence-corrected chi connectivity index (χ1v) is 9.40. The Kier molecular flexibility index (Phi) is 5.34. The van der Waals surface area contributed by atoms with Gasteiger partial charge in [0.25, 0.3) is 5.91 Å². The number of benzene rings is 1. The molecule has 2 N–H and O–H groups in total. The first-order chi connectivity index (χ1) is 11.8. The van der Waals surface area contributed by atoms with Crippen LogP contribution >= 0.6 is 22.9 Å². The van der Waals surface area contributed by atoms with Gasteiger partial charge >= 0.3 is 6.18 Å². The molecule has 1 atom stereocenters. The molecule has 7 nitrogen and oxygen atoms in total. The van der Waals surface area contributed by atoms with E-state index in [1.807, 2.05) is 5.32 Å². The molecule has 13 heteroatoms. The van der Waals surface area contributed by atoms with Crippen molar-refractivity contribution in [3.05, 3.63) is 28.2 Å². The highest BCUT2D eigenvalue weighted by Gasteiger charge is 2.55. The third-order valence-electron chi connectivity index (χ3n) is 3.23. The van der Waals surface area contributed by atoms with Gasteiger partial charge in [-0.05, 0) is 32.0 Å². The molecule has 26 heavy (non-hydrogen) atoms. The van der Waals surface area contributed by atoms with Gasteiger partial charge < -0.3 is 10.4 Å². The Morgan fingerprint density at radius 1 is 1.31 bits per heavy atom. The minimum Gasteiger partial charge on any atom is -0.373 e. The lowest BCUT2D eigenvalue weighted by molar-refractivity contribution is -0.242. The zero-order valence-corrected chi connectivity index (χ0v) is 15.5. The van der Waals surface area contributed by atoms with Crippen LogP contribution < -0.4 is 5.32 Å². The summed E-state index contributed by atoms with van der Waals surface area (Å²) in [7, 11) is -4.02. The van der Waals surface area contributed by atoms with Crippen LogP contribution in [0.3, 0.4) is 0 Å². The van der Waals surface area contributed by atoms with Crippen LogP contribution in [0.2, 0.25) is 5.02 Å². The number of anilines is 1. The summed E-state index contributed by atoms with van der Waals surface area (Å²) in [5.74, 6) is -1.76. The zero-order chi connectivity index (χ0) is 19.9. The minimum atomic E-state index is -5.21. The van der Waals surface area contributed by atoms with Crippen LogP contribution in [0.25, 0.3) is 0 Å². The third kappa shape index (κ3) is 3.82. The SMILES string of the molecule is Cc1nnc(S(=O)(=O)c2ccc(NC(=O)[C@@](C)(O)C(F)(F)F)c(Cl)c2)s1. The lowest BCUT2D eigenvalue weighted by atomic mass is 10.1. The van der Waals surface area contributed by atoms with E-state index in [4.69, 9.17) is 11.6 Å². The highest BCUT2D eigenvalue weighted by atomic mass is 35.5. The standard InChI is InChI=1S/C13H11ClF3N3O4S2/c1-6-19-20-11(25-6)26(23,24)7-3-4-9(8(14)5-7)18-10(21)12(2,22)13(15,16)17/h3-5,22H,1-2H3,(H,18,21)/t12-/m1/s1. The summed E-state index contributed by atoms with van der Waals surface area (Å²) in [6.45, 7) is 1.85. The van der Waals surface area contributed by atoms with Crippen LogP contribution in [0.4, 0.5) is 18.9 Å². The number of nitrogens with one attached hydrogen (secondary N) is 1. The molecule has 1 aromatic carbocycles. The van der Waals surface area contributed by atoms with E-state index in [0.717, 1.165) is 29.5 Å². The lowest BCUT2D eigenvalue weighted by Gasteiger charge is -2.25. The van der Waals surface area contributed by atoms with Crippen LogP contribution in [0.1, 0.15) is 11.9 Å². The number of hydrogen-bond donors (Lipinski definition) is 2. The largest absolute Gasteiger partial charge is 0.426 e. The van der Waals surface area contributed by atoms with E-state index in [0.29, 0.717) is 5.01 Å². The summed E-state index contributed by atoms with van der Waals surface area (Å²) in [4.78, 5) is 11.4. The predicted octanol–water partition coefficient (Wildman–Crippen LogP) is 2.58. The molecule has 2 aromatic rings. The van der Waals surface area contributed by atoms with E-state index in [1.54, 1.807) is 6.92 Å². The maximum absolute atomic E-state index is 12.7. The second-order valence-corrected chi connectivity index (χ2v) is 8.97.